The molecule has 3 fully saturated rings. The Morgan fingerprint density at radius 3 is 2.18 bits per heavy atom. The van der Waals surface area contributed by atoms with Crippen LogP contribution in [0.25, 0.3) is 0 Å². The van der Waals surface area contributed by atoms with E-state index in [9.17, 15) is 9.59 Å². The first-order chi connectivity index (χ1) is 10.7. The van der Waals surface area contributed by atoms with Crippen LogP contribution in [0.3, 0.4) is 0 Å². The standard InChI is InChI=1S/C19H19NO2/c1-10-4-2-3-5-11(10)9-20-18(21)16-12-6-7-13(15-8-14(12)15)17(16)19(20)22/h2-7,12-17H,8-9H2,1H3/t12-,13-,14-,15+,16+,17+/m0/s1. The molecular formula is C19H19NO2. The van der Waals surface area contributed by atoms with Crippen LogP contribution in [0.15, 0.2) is 36.4 Å². The van der Waals surface area contributed by atoms with Gasteiger partial charge in [-0.05, 0) is 48.1 Å². The van der Waals surface area contributed by atoms with Gasteiger partial charge in [0.1, 0.15) is 0 Å². The Balaban J connectivity index is 1.49. The van der Waals surface area contributed by atoms with Crippen LogP contribution in [-0.2, 0) is 16.1 Å². The SMILES string of the molecule is Cc1ccccc1CN1C(=O)[C@@H]2[C@H]3C=C[C@@H]([C@@H]4C[C@H]34)[C@H]2C1=O. The van der Waals surface area contributed by atoms with Crippen molar-refractivity contribution >= 4 is 11.8 Å². The van der Waals surface area contributed by atoms with Gasteiger partial charge in [0.2, 0.25) is 11.8 Å². The molecule has 1 aliphatic heterocycles. The van der Waals surface area contributed by atoms with E-state index >= 15 is 0 Å². The van der Waals surface area contributed by atoms with E-state index in [1.54, 1.807) is 0 Å². The fourth-order valence-electron chi connectivity index (χ4n) is 5.13. The van der Waals surface area contributed by atoms with E-state index in [0.717, 1.165) is 11.1 Å². The predicted molar refractivity (Wildman–Crippen MR) is 81.4 cm³/mol. The summed E-state index contributed by atoms with van der Waals surface area (Å²) in [6.45, 7) is 2.47. The molecule has 0 spiro atoms. The molecule has 22 heavy (non-hydrogen) atoms. The van der Waals surface area contributed by atoms with Crippen LogP contribution < -0.4 is 0 Å². The summed E-state index contributed by atoms with van der Waals surface area (Å²) in [7, 11) is 0. The summed E-state index contributed by atoms with van der Waals surface area (Å²) < 4.78 is 0. The van der Waals surface area contributed by atoms with Crippen molar-refractivity contribution in [3.8, 4) is 0 Å². The summed E-state index contributed by atoms with van der Waals surface area (Å²) in [6, 6.07) is 8.01. The largest absolute Gasteiger partial charge is 0.278 e. The third kappa shape index (κ3) is 1.47. The summed E-state index contributed by atoms with van der Waals surface area (Å²) in [6.07, 6.45) is 5.67. The van der Waals surface area contributed by atoms with E-state index in [1.165, 1.54) is 11.3 Å². The van der Waals surface area contributed by atoms with Crippen molar-refractivity contribution in [2.24, 2.45) is 35.5 Å². The van der Waals surface area contributed by atoms with E-state index in [1.807, 2.05) is 31.2 Å². The lowest BCUT2D eigenvalue weighted by atomic mass is 9.63. The molecule has 1 saturated heterocycles. The molecule has 0 N–H and O–H groups in total. The van der Waals surface area contributed by atoms with E-state index in [0.29, 0.717) is 30.2 Å². The second-order valence-corrected chi connectivity index (χ2v) is 7.34. The van der Waals surface area contributed by atoms with Crippen molar-refractivity contribution in [1.82, 2.24) is 4.90 Å². The van der Waals surface area contributed by atoms with Gasteiger partial charge in [-0.15, -0.1) is 0 Å². The minimum absolute atomic E-state index is 0.0722. The van der Waals surface area contributed by atoms with Gasteiger partial charge in [-0.25, -0.2) is 0 Å². The first-order valence-corrected chi connectivity index (χ1v) is 8.25. The zero-order chi connectivity index (χ0) is 15.0. The lowest BCUT2D eigenvalue weighted by Crippen LogP contribution is -2.40. The number of carbonyl (C=O) groups is 2. The van der Waals surface area contributed by atoms with Gasteiger partial charge in [0, 0.05) is 0 Å². The molecular weight excluding hydrogens is 274 g/mol. The van der Waals surface area contributed by atoms with Crippen LogP contribution >= 0.6 is 0 Å². The Hall–Kier alpha value is -1.90. The zero-order valence-electron chi connectivity index (χ0n) is 12.6. The summed E-state index contributed by atoms with van der Waals surface area (Å²) >= 11 is 0. The molecule has 3 nitrogen and oxygen atoms in total. The molecule has 6 rings (SSSR count). The average molecular weight is 293 g/mol. The van der Waals surface area contributed by atoms with Gasteiger partial charge in [-0.1, -0.05) is 36.4 Å². The molecule has 1 aromatic rings. The third-order valence-electron chi connectivity index (χ3n) is 6.34. The van der Waals surface area contributed by atoms with Crippen LogP contribution in [-0.4, -0.2) is 16.7 Å². The number of hydrogen-bond donors (Lipinski definition) is 0. The second kappa shape index (κ2) is 4.09. The molecule has 2 bridgehead atoms. The maximum absolute atomic E-state index is 12.9. The molecule has 2 saturated carbocycles. The normalized spacial score (nSPS) is 40.9. The Labute approximate surface area is 130 Å². The van der Waals surface area contributed by atoms with Crippen LogP contribution in [0.5, 0.6) is 0 Å². The smallest absolute Gasteiger partial charge is 0.234 e. The highest BCUT2D eigenvalue weighted by Gasteiger charge is 2.66. The fourth-order valence-corrected chi connectivity index (χ4v) is 5.13. The topological polar surface area (TPSA) is 37.4 Å². The highest BCUT2D eigenvalue weighted by molar-refractivity contribution is 6.06. The van der Waals surface area contributed by atoms with Crippen LogP contribution in [0.2, 0.25) is 0 Å². The van der Waals surface area contributed by atoms with Gasteiger partial charge >= 0.3 is 0 Å². The summed E-state index contributed by atoms with van der Waals surface area (Å²) in [5.41, 5.74) is 2.22. The molecule has 0 radical (unpaired) electrons. The number of benzene rings is 1. The van der Waals surface area contributed by atoms with Gasteiger partial charge in [0.15, 0.2) is 0 Å². The second-order valence-electron chi connectivity index (χ2n) is 7.34. The molecule has 5 aliphatic rings. The Bertz CT molecular complexity index is 686. The molecule has 4 aliphatic carbocycles. The lowest BCUT2D eigenvalue weighted by Gasteiger charge is -2.37. The first-order valence-electron chi connectivity index (χ1n) is 8.25. The van der Waals surface area contributed by atoms with E-state index < -0.39 is 0 Å². The minimum Gasteiger partial charge on any atom is -0.278 e. The lowest BCUT2D eigenvalue weighted by molar-refractivity contribution is -0.140. The monoisotopic (exact) mass is 293 g/mol. The van der Waals surface area contributed by atoms with Gasteiger partial charge in [0.05, 0.1) is 18.4 Å². The molecule has 112 valence electrons. The van der Waals surface area contributed by atoms with Gasteiger partial charge in [0.25, 0.3) is 0 Å². The molecule has 6 atom stereocenters. The van der Waals surface area contributed by atoms with Crippen LogP contribution in [0.1, 0.15) is 17.5 Å². The van der Waals surface area contributed by atoms with Crippen LogP contribution in [0, 0.1) is 42.4 Å². The number of nitrogens with zero attached hydrogens (tertiary/aromatic N) is 1. The van der Waals surface area contributed by atoms with Crippen LogP contribution in [0.4, 0.5) is 0 Å². The third-order valence-corrected chi connectivity index (χ3v) is 6.34. The molecule has 1 aromatic carbocycles. The van der Waals surface area contributed by atoms with Crippen molar-refractivity contribution in [3.05, 3.63) is 47.5 Å². The highest BCUT2D eigenvalue weighted by Crippen LogP contribution is 2.65. The molecule has 0 unspecified atom stereocenters. The minimum atomic E-state index is -0.0738. The van der Waals surface area contributed by atoms with Crippen molar-refractivity contribution in [2.75, 3.05) is 0 Å². The van der Waals surface area contributed by atoms with E-state index in [-0.39, 0.29) is 23.7 Å². The van der Waals surface area contributed by atoms with Gasteiger partial charge in [-0.3, -0.25) is 14.5 Å². The first kappa shape index (κ1) is 12.6. The zero-order valence-corrected chi connectivity index (χ0v) is 12.6. The Kier molecular flexibility index (Phi) is 2.35. The Morgan fingerprint density at radius 2 is 1.59 bits per heavy atom. The molecule has 2 amide bonds. The Morgan fingerprint density at radius 1 is 1.00 bits per heavy atom. The number of allylic oxidation sites excluding steroid dienone is 2. The molecule has 3 heteroatoms. The molecule has 0 aromatic heterocycles. The van der Waals surface area contributed by atoms with Gasteiger partial charge in [-0.2, -0.15) is 0 Å². The van der Waals surface area contributed by atoms with Crippen molar-refractivity contribution < 1.29 is 9.59 Å². The fraction of sp³-hybridized carbons (Fsp3) is 0.474. The quantitative estimate of drug-likeness (QED) is 0.621. The summed E-state index contributed by atoms with van der Waals surface area (Å²) in [5, 5.41) is 0. The number of rotatable bonds is 2. The number of hydrogen-bond acceptors (Lipinski definition) is 2. The van der Waals surface area contributed by atoms with E-state index in [4.69, 9.17) is 0 Å². The van der Waals surface area contributed by atoms with Crippen molar-refractivity contribution in [3.63, 3.8) is 0 Å². The number of aryl methyl sites for hydroxylation is 1. The number of amides is 2. The summed E-state index contributed by atoms with van der Waals surface area (Å²) in [4.78, 5) is 27.3. The van der Waals surface area contributed by atoms with Gasteiger partial charge < -0.3 is 0 Å². The molecule has 1 heterocycles. The summed E-state index contributed by atoms with van der Waals surface area (Å²) in [5.74, 6) is 1.98. The number of likely N-dealkylation sites (tertiary alicyclic amines) is 1. The highest BCUT2D eigenvalue weighted by atomic mass is 16.2. The predicted octanol–water partition coefficient (Wildman–Crippen LogP) is 2.55. The van der Waals surface area contributed by atoms with Crippen molar-refractivity contribution in [1.29, 1.82) is 0 Å². The number of carbonyl (C=O) groups excluding carboxylic acids is 2. The van der Waals surface area contributed by atoms with Crippen molar-refractivity contribution in [2.45, 2.75) is 19.9 Å². The average Bonchev–Trinajstić information content (AvgIpc) is 3.30. The number of imide groups is 1. The maximum atomic E-state index is 12.9. The van der Waals surface area contributed by atoms with E-state index in [2.05, 4.69) is 12.2 Å². The maximum Gasteiger partial charge on any atom is 0.234 e.